The Bertz CT molecular complexity index is 964. The first-order chi connectivity index (χ1) is 9.72. The molecule has 0 atom stereocenters. The third-order valence-corrected chi connectivity index (χ3v) is 4.56. The lowest BCUT2D eigenvalue weighted by Crippen LogP contribution is -1.96. The molecule has 0 aliphatic carbocycles. The van der Waals surface area contributed by atoms with E-state index in [1.807, 2.05) is 6.92 Å². The van der Waals surface area contributed by atoms with Crippen molar-refractivity contribution in [1.82, 2.24) is 0 Å². The third kappa shape index (κ3) is 1.25. The Morgan fingerprint density at radius 1 is 0.750 bits per heavy atom. The monoisotopic (exact) mass is 258 g/mol. The predicted molar refractivity (Wildman–Crippen MR) is 85.0 cm³/mol. The van der Waals surface area contributed by atoms with Crippen LogP contribution < -0.4 is 0 Å². The molecule has 0 aromatic heterocycles. The van der Waals surface area contributed by atoms with Crippen LogP contribution in [-0.4, -0.2) is 6.29 Å². The summed E-state index contributed by atoms with van der Waals surface area (Å²) in [4.78, 5) is 11.5. The van der Waals surface area contributed by atoms with Crippen LogP contribution in [0.4, 0.5) is 0 Å². The van der Waals surface area contributed by atoms with Gasteiger partial charge >= 0.3 is 0 Å². The number of carbonyl (C=O) groups excluding carboxylic acids is 1. The molecular formula is C19H14O. The summed E-state index contributed by atoms with van der Waals surface area (Å²) >= 11 is 0. The van der Waals surface area contributed by atoms with Crippen molar-refractivity contribution in [3.05, 3.63) is 59.2 Å². The molecule has 0 saturated carbocycles. The Balaban J connectivity index is 2.46. The average molecular weight is 258 g/mol. The van der Waals surface area contributed by atoms with Gasteiger partial charge in [-0.25, -0.2) is 0 Å². The minimum atomic E-state index is 0.827. The third-order valence-electron chi connectivity index (χ3n) is 4.56. The molecule has 96 valence electrons. The maximum absolute atomic E-state index is 11.5. The van der Waals surface area contributed by atoms with Gasteiger partial charge in [0.15, 0.2) is 6.29 Å². The summed E-state index contributed by atoms with van der Waals surface area (Å²) in [7, 11) is 0. The number of hydrogen-bond donors (Lipinski definition) is 0. The van der Waals surface area contributed by atoms with Crippen molar-refractivity contribution in [2.24, 2.45) is 0 Å². The Hall–Kier alpha value is -2.41. The zero-order valence-electron chi connectivity index (χ0n) is 11.5. The van der Waals surface area contributed by atoms with Crippen LogP contribution in [0, 0.1) is 13.8 Å². The van der Waals surface area contributed by atoms with Crippen LogP contribution in [0.2, 0.25) is 0 Å². The fourth-order valence-corrected chi connectivity index (χ4v) is 3.38. The van der Waals surface area contributed by atoms with Crippen LogP contribution in [0.3, 0.4) is 0 Å². The standard InChI is InChI=1S/C19H14O/c1-11-12(2)17(10-20)16-9-7-14-5-3-4-13-6-8-15(11)19(16)18(13)14/h3-10H,1-2H3. The number of benzene rings is 4. The molecule has 0 unspecified atom stereocenters. The summed E-state index contributed by atoms with van der Waals surface area (Å²) in [6, 6.07) is 14.9. The number of aryl methyl sites for hydroxylation is 1. The van der Waals surface area contributed by atoms with E-state index in [0.717, 1.165) is 22.8 Å². The lowest BCUT2D eigenvalue weighted by Gasteiger charge is -2.16. The lowest BCUT2D eigenvalue weighted by molar-refractivity contribution is 0.112. The number of carbonyl (C=O) groups is 1. The molecule has 0 spiro atoms. The van der Waals surface area contributed by atoms with E-state index in [1.165, 1.54) is 32.5 Å². The van der Waals surface area contributed by atoms with Gasteiger partial charge in [-0.15, -0.1) is 0 Å². The molecule has 0 heterocycles. The summed E-state index contributed by atoms with van der Waals surface area (Å²) in [6.45, 7) is 4.14. The second kappa shape index (κ2) is 3.80. The normalized spacial score (nSPS) is 11.7. The zero-order chi connectivity index (χ0) is 13.9. The van der Waals surface area contributed by atoms with Crippen LogP contribution in [0.1, 0.15) is 21.5 Å². The Kier molecular flexibility index (Phi) is 2.17. The van der Waals surface area contributed by atoms with E-state index < -0.39 is 0 Å². The van der Waals surface area contributed by atoms with Gasteiger partial charge in [0, 0.05) is 5.56 Å². The van der Waals surface area contributed by atoms with Crippen molar-refractivity contribution in [1.29, 1.82) is 0 Å². The van der Waals surface area contributed by atoms with Crippen LogP contribution in [-0.2, 0) is 0 Å². The van der Waals surface area contributed by atoms with Crippen LogP contribution in [0.15, 0.2) is 42.5 Å². The van der Waals surface area contributed by atoms with Crippen molar-refractivity contribution in [3.63, 3.8) is 0 Å². The van der Waals surface area contributed by atoms with Crippen LogP contribution in [0.25, 0.3) is 32.3 Å². The van der Waals surface area contributed by atoms with E-state index in [4.69, 9.17) is 0 Å². The number of aldehydes is 1. The first kappa shape index (κ1) is 11.4. The van der Waals surface area contributed by atoms with Crippen molar-refractivity contribution >= 4 is 38.6 Å². The van der Waals surface area contributed by atoms with E-state index in [2.05, 4.69) is 49.4 Å². The average Bonchev–Trinajstić information content (AvgIpc) is 2.48. The number of hydrogen-bond acceptors (Lipinski definition) is 1. The van der Waals surface area contributed by atoms with Gasteiger partial charge in [0.2, 0.25) is 0 Å². The molecule has 4 aromatic carbocycles. The molecule has 4 rings (SSSR count). The van der Waals surface area contributed by atoms with Gasteiger partial charge < -0.3 is 0 Å². The van der Waals surface area contributed by atoms with Gasteiger partial charge in [-0.1, -0.05) is 42.5 Å². The highest BCUT2D eigenvalue weighted by atomic mass is 16.1. The molecule has 0 aliphatic rings. The van der Waals surface area contributed by atoms with Crippen LogP contribution >= 0.6 is 0 Å². The second-order valence-electron chi connectivity index (χ2n) is 5.46. The minimum absolute atomic E-state index is 0.827. The van der Waals surface area contributed by atoms with Gasteiger partial charge in [0.25, 0.3) is 0 Å². The summed E-state index contributed by atoms with van der Waals surface area (Å²) in [6.07, 6.45) is 0.994. The van der Waals surface area contributed by atoms with Crippen molar-refractivity contribution in [2.75, 3.05) is 0 Å². The Morgan fingerprint density at radius 3 is 2.05 bits per heavy atom. The van der Waals surface area contributed by atoms with E-state index in [9.17, 15) is 4.79 Å². The van der Waals surface area contributed by atoms with E-state index in [-0.39, 0.29) is 0 Å². The molecule has 0 saturated heterocycles. The molecule has 0 radical (unpaired) electrons. The molecule has 1 nitrogen and oxygen atoms in total. The van der Waals surface area contributed by atoms with Gasteiger partial charge in [0.1, 0.15) is 0 Å². The fraction of sp³-hybridized carbons (Fsp3) is 0.105. The first-order valence-electron chi connectivity index (χ1n) is 6.84. The Labute approximate surface area is 117 Å². The largest absolute Gasteiger partial charge is 0.298 e. The maximum atomic E-state index is 11.5. The van der Waals surface area contributed by atoms with Crippen molar-refractivity contribution < 1.29 is 4.79 Å². The fourth-order valence-electron chi connectivity index (χ4n) is 3.38. The van der Waals surface area contributed by atoms with Crippen molar-refractivity contribution in [2.45, 2.75) is 13.8 Å². The van der Waals surface area contributed by atoms with Gasteiger partial charge in [-0.2, -0.15) is 0 Å². The molecule has 0 amide bonds. The summed E-state index contributed by atoms with van der Waals surface area (Å²) in [5.41, 5.74) is 3.12. The molecule has 0 fully saturated rings. The predicted octanol–water partition coefficient (Wildman–Crippen LogP) is 5.01. The lowest BCUT2D eigenvalue weighted by atomic mass is 9.87. The van der Waals surface area contributed by atoms with Gasteiger partial charge in [-0.05, 0) is 57.3 Å². The second-order valence-corrected chi connectivity index (χ2v) is 5.46. The van der Waals surface area contributed by atoms with Crippen LogP contribution in [0.5, 0.6) is 0 Å². The van der Waals surface area contributed by atoms with Crippen molar-refractivity contribution in [3.8, 4) is 0 Å². The number of rotatable bonds is 1. The van der Waals surface area contributed by atoms with E-state index in [0.29, 0.717) is 0 Å². The first-order valence-corrected chi connectivity index (χ1v) is 6.84. The minimum Gasteiger partial charge on any atom is -0.298 e. The topological polar surface area (TPSA) is 17.1 Å². The Morgan fingerprint density at radius 2 is 1.40 bits per heavy atom. The molecule has 20 heavy (non-hydrogen) atoms. The quantitative estimate of drug-likeness (QED) is 0.346. The summed E-state index contributed by atoms with van der Waals surface area (Å²) in [5.74, 6) is 0. The summed E-state index contributed by atoms with van der Waals surface area (Å²) < 4.78 is 0. The van der Waals surface area contributed by atoms with E-state index in [1.54, 1.807) is 0 Å². The highest BCUT2D eigenvalue weighted by Gasteiger charge is 2.15. The van der Waals surface area contributed by atoms with Gasteiger partial charge in [-0.3, -0.25) is 4.79 Å². The molecule has 0 aliphatic heterocycles. The highest BCUT2D eigenvalue weighted by molar-refractivity contribution is 6.26. The molecular weight excluding hydrogens is 244 g/mol. The van der Waals surface area contributed by atoms with E-state index >= 15 is 0 Å². The zero-order valence-corrected chi connectivity index (χ0v) is 11.5. The molecule has 0 N–H and O–H groups in total. The molecule has 0 bridgehead atoms. The SMILES string of the molecule is Cc1c(C)c2ccc3cccc4ccc(c1C=O)c2c34. The van der Waals surface area contributed by atoms with Gasteiger partial charge in [0.05, 0.1) is 0 Å². The summed E-state index contributed by atoms with van der Waals surface area (Å²) in [5, 5.41) is 7.30. The molecule has 4 aromatic rings. The highest BCUT2D eigenvalue weighted by Crippen LogP contribution is 2.38. The molecule has 1 heteroatoms. The smallest absolute Gasteiger partial charge is 0.150 e. The maximum Gasteiger partial charge on any atom is 0.150 e.